The fraction of sp³-hybridized carbons (Fsp3) is 0.400. The highest BCUT2D eigenvalue weighted by Crippen LogP contribution is 2.07. The Hall–Kier alpha value is -1.19. The topological polar surface area (TPSA) is 55.8 Å². The van der Waals surface area contributed by atoms with Gasteiger partial charge in [-0.25, -0.2) is 4.79 Å². The van der Waals surface area contributed by atoms with E-state index in [1.54, 1.807) is 0 Å². The Labute approximate surface area is 51.7 Å². The van der Waals surface area contributed by atoms with Gasteiger partial charge in [0.25, 0.3) is 5.95 Å². The fourth-order valence-electron chi connectivity index (χ4n) is 0.527. The van der Waals surface area contributed by atoms with Gasteiger partial charge in [0.05, 0.1) is 0 Å². The number of ether oxygens (including phenoxy) is 2. The second-order valence-corrected chi connectivity index (χ2v) is 1.60. The summed E-state index contributed by atoms with van der Waals surface area (Å²) < 4.78 is 8.99. The second-order valence-electron chi connectivity index (χ2n) is 1.60. The first-order valence-corrected chi connectivity index (χ1v) is 2.46. The summed E-state index contributed by atoms with van der Waals surface area (Å²) >= 11 is 0. The molecule has 0 saturated carbocycles. The molecule has 1 atom stereocenters. The maximum Gasteiger partial charge on any atom is 0.341 e. The lowest BCUT2D eigenvalue weighted by Gasteiger charge is -2.16. The van der Waals surface area contributed by atoms with Gasteiger partial charge in [-0.2, -0.15) is 0 Å². The van der Waals surface area contributed by atoms with Crippen LogP contribution in [0, 0.1) is 0 Å². The van der Waals surface area contributed by atoms with Crippen LogP contribution < -0.4 is 0 Å². The van der Waals surface area contributed by atoms with Gasteiger partial charge in [0.1, 0.15) is 6.08 Å². The highest BCUT2D eigenvalue weighted by Gasteiger charge is 2.16. The van der Waals surface area contributed by atoms with E-state index in [1.807, 2.05) is 0 Å². The van der Waals surface area contributed by atoms with Gasteiger partial charge in [0.2, 0.25) is 6.29 Å². The summed E-state index contributed by atoms with van der Waals surface area (Å²) in [5, 5.41) is 8.59. The van der Waals surface area contributed by atoms with Gasteiger partial charge in [-0.3, -0.25) is 0 Å². The van der Waals surface area contributed by atoms with Gasteiger partial charge in [-0.05, 0) is 0 Å². The van der Waals surface area contributed by atoms with Crippen LogP contribution in [0.1, 0.15) is 6.92 Å². The van der Waals surface area contributed by atoms with E-state index in [0.717, 1.165) is 6.08 Å². The number of rotatable bonds is 0. The van der Waals surface area contributed by atoms with Crippen LogP contribution in [0.3, 0.4) is 0 Å². The summed E-state index contributed by atoms with van der Waals surface area (Å²) in [6, 6.07) is 0. The molecule has 0 fully saturated rings. The van der Waals surface area contributed by atoms with Crippen molar-refractivity contribution in [1.82, 2.24) is 0 Å². The fourth-order valence-corrected chi connectivity index (χ4v) is 0.527. The molecule has 0 spiro atoms. The zero-order valence-corrected chi connectivity index (χ0v) is 4.83. The normalized spacial score (nSPS) is 26.1. The number of carbonyl (C=O) groups excluding carboxylic acids is 1. The van der Waals surface area contributed by atoms with E-state index in [2.05, 4.69) is 9.47 Å². The molecule has 1 rings (SSSR count). The number of hydrogen-bond acceptors (Lipinski definition) is 4. The van der Waals surface area contributed by atoms with Gasteiger partial charge < -0.3 is 14.6 Å². The molecule has 0 aromatic rings. The molecule has 9 heavy (non-hydrogen) atoms. The van der Waals surface area contributed by atoms with Crippen molar-refractivity contribution in [2.75, 3.05) is 0 Å². The van der Waals surface area contributed by atoms with Crippen molar-refractivity contribution in [3.05, 3.63) is 12.0 Å². The van der Waals surface area contributed by atoms with E-state index in [0.29, 0.717) is 0 Å². The Kier molecular flexibility index (Phi) is 1.30. The SMILES string of the molecule is CC1OC(=O)C=C(O)O1. The first kappa shape index (κ1) is 5.94. The predicted molar refractivity (Wildman–Crippen MR) is 27.4 cm³/mol. The molecule has 0 aromatic heterocycles. The third-order valence-electron chi connectivity index (χ3n) is 0.810. The minimum absolute atomic E-state index is 0.390. The lowest BCUT2D eigenvalue weighted by atomic mass is 10.5. The molecule has 0 radical (unpaired) electrons. The average molecular weight is 130 g/mol. The van der Waals surface area contributed by atoms with E-state index in [9.17, 15) is 4.79 Å². The predicted octanol–water partition coefficient (Wildman–Crippen LogP) is 0.305. The Balaban J connectivity index is 2.67. The molecule has 1 N–H and O–H groups in total. The molecule has 0 saturated heterocycles. The lowest BCUT2D eigenvalue weighted by molar-refractivity contribution is -0.176. The zero-order valence-electron chi connectivity index (χ0n) is 4.83. The van der Waals surface area contributed by atoms with Crippen LogP contribution >= 0.6 is 0 Å². The van der Waals surface area contributed by atoms with E-state index < -0.39 is 18.2 Å². The maximum absolute atomic E-state index is 10.3. The van der Waals surface area contributed by atoms with Crippen molar-refractivity contribution in [1.29, 1.82) is 0 Å². The Morgan fingerprint density at radius 3 is 2.78 bits per heavy atom. The van der Waals surface area contributed by atoms with Crippen LogP contribution in [-0.4, -0.2) is 17.4 Å². The molecule has 1 aliphatic rings. The zero-order chi connectivity index (χ0) is 6.85. The van der Waals surface area contributed by atoms with Crippen molar-refractivity contribution >= 4 is 5.97 Å². The standard InChI is InChI=1S/C5H6O4/c1-3-8-4(6)2-5(7)9-3/h2-3,6H,1H3. The molecule has 4 heteroatoms. The maximum atomic E-state index is 10.3. The summed E-state index contributed by atoms with van der Waals surface area (Å²) in [6.07, 6.45) is 0.197. The number of esters is 1. The smallest absolute Gasteiger partial charge is 0.341 e. The monoisotopic (exact) mass is 130 g/mol. The van der Waals surface area contributed by atoms with Crippen LogP contribution in [0.5, 0.6) is 0 Å². The van der Waals surface area contributed by atoms with Crippen LogP contribution in [0.25, 0.3) is 0 Å². The Bertz CT molecular complexity index is 160. The molecule has 0 aromatic carbocycles. The van der Waals surface area contributed by atoms with E-state index in [-0.39, 0.29) is 0 Å². The molecule has 0 aliphatic carbocycles. The van der Waals surface area contributed by atoms with Crippen molar-refractivity contribution in [3.63, 3.8) is 0 Å². The van der Waals surface area contributed by atoms with Crippen LogP contribution in [0.2, 0.25) is 0 Å². The van der Waals surface area contributed by atoms with Crippen LogP contribution in [0.4, 0.5) is 0 Å². The van der Waals surface area contributed by atoms with Crippen molar-refractivity contribution in [3.8, 4) is 0 Å². The summed E-state index contributed by atoms with van der Waals surface area (Å²) in [7, 11) is 0. The molecular formula is C5H6O4. The number of cyclic esters (lactones) is 1. The average Bonchev–Trinajstić information content (AvgIpc) is 1.59. The third kappa shape index (κ3) is 1.35. The first-order chi connectivity index (χ1) is 4.18. The largest absolute Gasteiger partial charge is 0.481 e. The van der Waals surface area contributed by atoms with Gasteiger partial charge in [-0.15, -0.1) is 0 Å². The van der Waals surface area contributed by atoms with Crippen LogP contribution in [-0.2, 0) is 14.3 Å². The number of hydrogen-bond donors (Lipinski definition) is 1. The van der Waals surface area contributed by atoms with Gasteiger partial charge >= 0.3 is 5.97 Å². The van der Waals surface area contributed by atoms with E-state index in [4.69, 9.17) is 5.11 Å². The number of aliphatic hydroxyl groups excluding tert-OH is 1. The highest BCUT2D eigenvalue weighted by molar-refractivity contribution is 5.82. The van der Waals surface area contributed by atoms with Crippen LogP contribution in [0.15, 0.2) is 12.0 Å². The van der Waals surface area contributed by atoms with Gasteiger partial charge in [0.15, 0.2) is 0 Å². The molecule has 1 aliphatic heterocycles. The molecule has 1 heterocycles. The third-order valence-corrected chi connectivity index (χ3v) is 0.810. The summed E-state index contributed by atoms with van der Waals surface area (Å²) in [5.41, 5.74) is 0. The molecule has 1 unspecified atom stereocenters. The molecule has 4 nitrogen and oxygen atoms in total. The Morgan fingerprint density at radius 1 is 1.67 bits per heavy atom. The highest BCUT2D eigenvalue weighted by atomic mass is 16.7. The molecule has 0 bridgehead atoms. The van der Waals surface area contributed by atoms with E-state index in [1.165, 1.54) is 6.92 Å². The van der Waals surface area contributed by atoms with Crippen molar-refractivity contribution < 1.29 is 19.4 Å². The minimum Gasteiger partial charge on any atom is -0.481 e. The first-order valence-electron chi connectivity index (χ1n) is 2.46. The summed E-state index contributed by atoms with van der Waals surface area (Å²) in [5.74, 6) is -0.968. The number of carbonyl (C=O) groups is 1. The molecular weight excluding hydrogens is 124 g/mol. The number of aliphatic hydroxyl groups is 1. The molecule has 0 amide bonds. The summed E-state index contributed by atoms with van der Waals surface area (Å²) in [6.45, 7) is 1.52. The van der Waals surface area contributed by atoms with E-state index >= 15 is 0 Å². The van der Waals surface area contributed by atoms with Crippen molar-refractivity contribution in [2.24, 2.45) is 0 Å². The van der Waals surface area contributed by atoms with Gasteiger partial charge in [-0.1, -0.05) is 0 Å². The van der Waals surface area contributed by atoms with Gasteiger partial charge in [0, 0.05) is 6.92 Å². The quantitative estimate of drug-likeness (QED) is 0.479. The Morgan fingerprint density at radius 2 is 2.33 bits per heavy atom. The summed E-state index contributed by atoms with van der Waals surface area (Å²) in [4.78, 5) is 10.3. The lowest BCUT2D eigenvalue weighted by Crippen LogP contribution is -2.21. The minimum atomic E-state index is -0.678. The van der Waals surface area contributed by atoms with Crippen molar-refractivity contribution in [2.45, 2.75) is 13.2 Å². The second kappa shape index (κ2) is 1.97. The molecule has 50 valence electrons.